The van der Waals surface area contributed by atoms with E-state index in [4.69, 9.17) is 0 Å². The van der Waals surface area contributed by atoms with Gasteiger partial charge in [0.05, 0.1) is 4.92 Å². The molecule has 0 radical (unpaired) electrons. The molecule has 1 atom stereocenters. The number of nitro groups is 1. The summed E-state index contributed by atoms with van der Waals surface area (Å²) >= 11 is 0. The minimum Gasteiger partial charge on any atom is -0.352 e. The average Bonchev–Trinajstić information content (AvgIpc) is 2.91. The first kappa shape index (κ1) is 14.5. The molecule has 1 aromatic carbocycles. The third-order valence-electron chi connectivity index (χ3n) is 3.66. The van der Waals surface area contributed by atoms with Gasteiger partial charge in [-0.2, -0.15) is 0 Å². The quantitative estimate of drug-likeness (QED) is 0.633. The van der Waals surface area contributed by atoms with E-state index in [0.29, 0.717) is 23.6 Å². The molecule has 1 fully saturated rings. The summed E-state index contributed by atoms with van der Waals surface area (Å²) in [6.07, 6.45) is 2.12. The van der Waals surface area contributed by atoms with Gasteiger partial charge in [-0.25, -0.2) is 0 Å². The molecule has 1 saturated heterocycles. The van der Waals surface area contributed by atoms with E-state index >= 15 is 0 Å². The van der Waals surface area contributed by atoms with Crippen molar-refractivity contribution >= 4 is 11.6 Å². The molecule has 6 nitrogen and oxygen atoms in total. The van der Waals surface area contributed by atoms with E-state index in [9.17, 15) is 14.9 Å². The van der Waals surface area contributed by atoms with Crippen LogP contribution in [-0.2, 0) is 0 Å². The predicted molar refractivity (Wildman–Crippen MR) is 75.8 cm³/mol. The van der Waals surface area contributed by atoms with Gasteiger partial charge in [-0.15, -0.1) is 0 Å². The van der Waals surface area contributed by atoms with Crippen molar-refractivity contribution in [3.8, 4) is 0 Å². The second kappa shape index (κ2) is 6.47. The van der Waals surface area contributed by atoms with Crippen molar-refractivity contribution in [2.45, 2.75) is 19.8 Å². The highest BCUT2D eigenvalue weighted by atomic mass is 16.6. The van der Waals surface area contributed by atoms with Gasteiger partial charge in [-0.3, -0.25) is 14.9 Å². The van der Waals surface area contributed by atoms with Crippen LogP contribution in [-0.4, -0.2) is 30.5 Å². The molecule has 1 unspecified atom stereocenters. The third-order valence-corrected chi connectivity index (χ3v) is 3.66. The molecule has 1 heterocycles. The molecule has 6 heteroatoms. The van der Waals surface area contributed by atoms with Gasteiger partial charge in [0.15, 0.2) is 0 Å². The molecule has 0 spiro atoms. The Balaban J connectivity index is 1.88. The molecule has 108 valence electrons. The number of nitro benzene ring substituents is 1. The first-order valence-electron chi connectivity index (χ1n) is 6.82. The van der Waals surface area contributed by atoms with Crippen molar-refractivity contribution < 1.29 is 9.72 Å². The Morgan fingerprint density at radius 1 is 1.55 bits per heavy atom. The van der Waals surface area contributed by atoms with Crippen LogP contribution in [0.3, 0.4) is 0 Å². The van der Waals surface area contributed by atoms with Crippen molar-refractivity contribution in [2.24, 2.45) is 5.92 Å². The molecule has 0 aliphatic carbocycles. The van der Waals surface area contributed by atoms with Gasteiger partial charge in [0.2, 0.25) is 0 Å². The standard InChI is InChI=1S/C14H19N3O3/c1-10-8-12(2-3-13(10)17(19)20)14(18)16-7-5-11-4-6-15-9-11/h2-3,8,11,15H,4-7,9H2,1H3,(H,16,18). The van der Waals surface area contributed by atoms with E-state index in [2.05, 4.69) is 10.6 Å². The molecule has 1 aliphatic rings. The van der Waals surface area contributed by atoms with Gasteiger partial charge in [0, 0.05) is 23.7 Å². The van der Waals surface area contributed by atoms with Crippen molar-refractivity contribution in [1.82, 2.24) is 10.6 Å². The lowest BCUT2D eigenvalue weighted by atomic mass is 10.0. The lowest BCUT2D eigenvalue weighted by Crippen LogP contribution is -2.26. The Hall–Kier alpha value is -1.95. The number of amides is 1. The summed E-state index contributed by atoms with van der Waals surface area (Å²) in [5, 5.41) is 16.9. The predicted octanol–water partition coefficient (Wildman–Crippen LogP) is 1.63. The number of rotatable bonds is 5. The monoisotopic (exact) mass is 277 g/mol. The highest BCUT2D eigenvalue weighted by Crippen LogP contribution is 2.18. The highest BCUT2D eigenvalue weighted by molar-refractivity contribution is 5.94. The Morgan fingerprint density at radius 2 is 2.35 bits per heavy atom. The summed E-state index contributed by atoms with van der Waals surface area (Å²) in [7, 11) is 0. The maximum Gasteiger partial charge on any atom is 0.272 e. The van der Waals surface area contributed by atoms with Crippen LogP contribution in [0, 0.1) is 23.0 Å². The second-order valence-corrected chi connectivity index (χ2v) is 5.16. The topological polar surface area (TPSA) is 84.3 Å². The minimum absolute atomic E-state index is 0.0404. The van der Waals surface area contributed by atoms with Gasteiger partial charge in [0.25, 0.3) is 11.6 Å². The largest absolute Gasteiger partial charge is 0.352 e. The van der Waals surface area contributed by atoms with E-state index < -0.39 is 4.92 Å². The highest BCUT2D eigenvalue weighted by Gasteiger charge is 2.16. The van der Waals surface area contributed by atoms with Crippen LogP contribution in [0.2, 0.25) is 0 Å². The third kappa shape index (κ3) is 3.54. The van der Waals surface area contributed by atoms with E-state index in [-0.39, 0.29) is 11.6 Å². The number of hydrogen-bond acceptors (Lipinski definition) is 4. The zero-order valence-corrected chi connectivity index (χ0v) is 11.5. The van der Waals surface area contributed by atoms with Gasteiger partial charge in [-0.1, -0.05) is 0 Å². The van der Waals surface area contributed by atoms with E-state index in [1.807, 2.05) is 0 Å². The Kier molecular flexibility index (Phi) is 4.68. The normalized spacial score (nSPS) is 17.9. The van der Waals surface area contributed by atoms with Crippen LogP contribution < -0.4 is 10.6 Å². The zero-order chi connectivity index (χ0) is 14.5. The minimum atomic E-state index is -0.440. The molecule has 20 heavy (non-hydrogen) atoms. The van der Waals surface area contributed by atoms with Gasteiger partial charge in [0.1, 0.15) is 0 Å². The van der Waals surface area contributed by atoms with E-state index in [0.717, 1.165) is 25.9 Å². The molecular formula is C14H19N3O3. The molecule has 2 rings (SSSR count). The Morgan fingerprint density at radius 3 is 2.95 bits per heavy atom. The maximum absolute atomic E-state index is 12.0. The first-order chi connectivity index (χ1) is 9.58. The average molecular weight is 277 g/mol. The Bertz CT molecular complexity index is 510. The fraction of sp³-hybridized carbons (Fsp3) is 0.500. The van der Waals surface area contributed by atoms with Gasteiger partial charge in [-0.05, 0) is 50.9 Å². The summed E-state index contributed by atoms with van der Waals surface area (Å²) in [6, 6.07) is 4.44. The molecule has 0 saturated carbocycles. The number of benzene rings is 1. The number of nitrogens with one attached hydrogen (secondary N) is 2. The van der Waals surface area contributed by atoms with Gasteiger partial charge >= 0.3 is 0 Å². The molecule has 1 aliphatic heterocycles. The maximum atomic E-state index is 12.0. The summed E-state index contributed by atoms with van der Waals surface area (Å²) in [6.45, 7) is 4.35. The number of carbonyl (C=O) groups is 1. The van der Waals surface area contributed by atoms with Gasteiger partial charge < -0.3 is 10.6 Å². The lowest BCUT2D eigenvalue weighted by Gasteiger charge is -2.09. The molecular weight excluding hydrogens is 258 g/mol. The van der Waals surface area contributed by atoms with Crippen LogP contribution in [0.4, 0.5) is 5.69 Å². The van der Waals surface area contributed by atoms with Crippen LogP contribution in [0.15, 0.2) is 18.2 Å². The van der Waals surface area contributed by atoms with E-state index in [1.165, 1.54) is 12.1 Å². The SMILES string of the molecule is Cc1cc(C(=O)NCCC2CCNC2)ccc1[N+](=O)[O-]. The number of aryl methyl sites for hydroxylation is 1. The summed E-state index contributed by atoms with van der Waals surface area (Å²) in [4.78, 5) is 22.2. The van der Waals surface area contributed by atoms with E-state index in [1.54, 1.807) is 13.0 Å². The molecule has 2 N–H and O–H groups in total. The molecule has 0 aromatic heterocycles. The number of hydrogen-bond donors (Lipinski definition) is 2. The van der Waals surface area contributed by atoms with Crippen LogP contribution in [0.5, 0.6) is 0 Å². The number of nitrogens with zero attached hydrogens (tertiary/aromatic N) is 1. The fourth-order valence-electron chi connectivity index (χ4n) is 2.45. The summed E-state index contributed by atoms with van der Waals surface area (Å²) in [5.74, 6) is 0.461. The van der Waals surface area contributed by atoms with Crippen molar-refractivity contribution in [1.29, 1.82) is 0 Å². The lowest BCUT2D eigenvalue weighted by molar-refractivity contribution is -0.385. The van der Waals surface area contributed by atoms with Crippen LogP contribution >= 0.6 is 0 Å². The smallest absolute Gasteiger partial charge is 0.272 e. The Labute approximate surface area is 117 Å². The van der Waals surface area contributed by atoms with Crippen LogP contribution in [0.1, 0.15) is 28.8 Å². The van der Waals surface area contributed by atoms with Crippen molar-refractivity contribution in [3.63, 3.8) is 0 Å². The molecule has 1 amide bonds. The second-order valence-electron chi connectivity index (χ2n) is 5.16. The van der Waals surface area contributed by atoms with Crippen LogP contribution in [0.25, 0.3) is 0 Å². The van der Waals surface area contributed by atoms with Crippen molar-refractivity contribution in [3.05, 3.63) is 39.4 Å². The zero-order valence-electron chi connectivity index (χ0n) is 11.5. The van der Waals surface area contributed by atoms with Crippen molar-refractivity contribution in [2.75, 3.05) is 19.6 Å². The number of carbonyl (C=O) groups excluding carboxylic acids is 1. The fourth-order valence-corrected chi connectivity index (χ4v) is 2.45. The summed E-state index contributed by atoms with van der Waals surface area (Å²) in [5.41, 5.74) is 1.01. The summed E-state index contributed by atoms with van der Waals surface area (Å²) < 4.78 is 0. The molecule has 1 aromatic rings. The first-order valence-corrected chi connectivity index (χ1v) is 6.82. The molecule has 0 bridgehead atoms.